The van der Waals surface area contributed by atoms with E-state index in [0.717, 1.165) is 0 Å². The fraction of sp³-hybridized carbons (Fsp3) is 0.900. The predicted octanol–water partition coefficient (Wildman–Crippen LogP) is 1.03. The van der Waals surface area contributed by atoms with E-state index < -0.39 is 0 Å². The van der Waals surface area contributed by atoms with Gasteiger partial charge in [-0.25, -0.2) is 0 Å². The smallest absolute Gasteiger partial charge is 0.315 e. The molecule has 0 aromatic heterocycles. The van der Waals surface area contributed by atoms with Gasteiger partial charge in [-0.15, -0.1) is 11.8 Å². The maximum Gasteiger partial charge on any atom is 0.315 e. The van der Waals surface area contributed by atoms with Crippen molar-refractivity contribution in [3.8, 4) is 0 Å². The first-order chi connectivity index (χ1) is 6.74. The highest BCUT2D eigenvalue weighted by Crippen LogP contribution is 2.49. The van der Waals surface area contributed by atoms with Crippen molar-refractivity contribution in [3.63, 3.8) is 0 Å². The molecule has 0 amide bonds. The van der Waals surface area contributed by atoms with E-state index >= 15 is 0 Å². The SMILES string of the molecule is CCOC(=O)CSC1CC2(CNC2)C1. The zero-order chi connectivity index (χ0) is 10.0. The van der Waals surface area contributed by atoms with Crippen molar-refractivity contribution in [1.29, 1.82) is 0 Å². The summed E-state index contributed by atoms with van der Waals surface area (Å²) in [6.45, 7) is 4.71. The minimum Gasteiger partial charge on any atom is -0.465 e. The van der Waals surface area contributed by atoms with Crippen LogP contribution < -0.4 is 5.32 Å². The summed E-state index contributed by atoms with van der Waals surface area (Å²) in [5.74, 6) is 0.465. The largest absolute Gasteiger partial charge is 0.465 e. The molecule has 0 unspecified atom stereocenters. The molecule has 0 atom stereocenters. The van der Waals surface area contributed by atoms with Gasteiger partial charge < -0.3 is 10.1 Å². The molecule has 2 aliphatic rings. The first-order valence-electron chi connectivity index (χ1n) is 5.22. The highest BCUT2D eigenvalue weighted by Gasteiger charge is 2.48. The predicted molar refractivity (Wildman–Crippen MR) is 57.4 cm³/mol. The molecule has 14 heavy (non-hydrogen) atoms. The third-order valence-corrected chi connectivity index (χ3v) is 4.27. The van der Waals surface area contributed by atoms with Crippen LogP contribution in [0.15, 0.2) is 0 Å². The van der Waals surface area contributed by atoms with Crippen molar-refractivity contribution in [2.75, 3.05) is 25.4 Å². The molecule has 1 N–H and O–H groups in total. The normalized spacial score (nSPS) is 24.1. The van der Waals surface area contributed by atoms with E-state index in [1.54, 1.807) is 11.8 Å². The zero-order valence-electron chi connectivity index (χ0n) is 8.54. The van der Waals surface area contributed by atoms with Crippen LogP contribution in [-0.2, 0) is 9.53 Å². The van der Waals surface area contributed by atoms with Crippen LogP contribution in [0.3, 0.4) is 0 Å². The van der Waals surface area contributed by atoms with Crippen molar-refractivity contribution >= 4 is 17.7 Å². The van der Waals surface area contributed by atoms with Crippen molar-refractivity contribution in [2.24, 2.45) is 5.41 Å². The zero-order valence-corrected chi connectivity index (χ0v) is 9.36. The second-order valence-corrected chi connectivity index (χ2v) is 5.54. The van der Waals surface area contributed by atoms with Gasteiger partial charge in [0.15, 0.2) is 0 Å². The van der Waals surface area contributed by atoms with Crippen LogP contribution in [0.1, 0.15) is 19.8 Å². The molecule has 80 valence electrons. The standard InChI is InChI=1S/C10H17NO2S/c1-2-13-9(12)5-14-8-3-10(4-8)6-11-7-10/h8,11H,2-7H2,1H3. The molecule has 0 aromatic rings. The van der Waals surface area contributed by atoms with Gasteiger partial charge in [-0.2, -0.15) is 0 Å². The number of hydrogen-bond acceptors (Lipinski definition) is 4. The van der Waals surface area contributed by atoms with E-state index in [1.165, 1.54) is 25.9 Å². The van der Waals surface area contributed by atoms with Gasteiger partial charge in [0.25, 0.3) is 0 Å². The first kappa shape index (κ1) is 10.3. The number of rotatable bonds is 4. The van der Waals surface area contributed by atoms with E-state index in [1.807, 2.05) is 6.92 Å². The summed E-state index contributed by atoms with van der Waals surface area (Å²) in [6, 6.07) is 0. The third kappa shape index (κ3) is 2.06. The Morgan fingerprint density at radius 1 is 1.57 bits per heavy atom. The van der Waals surface area contributed by atoms with Crippen LogP contribution in [0.2, 0.25) is 0 Å². The maximum absolute atomic E-state index is 11.1. The molecule has 0 bridgehead atoms. The number of thioether (sulfide) groups is 1. The Balaban J connectivity index is 1.57. The quantitative estimate of drug-likeness (QED) is 0.711. The Hall–Kier alpha value is -0.220. The summed E-state index contributed by atoms with van der Waals surface area (Å²) in [5.41, 5.74) is 0.617. The van der Waals surface area contributed by atoms with Crippen molar-refractivity contribution in [1.82, 2.24) is 5.32 Å². The summed E-state index contributed by atoms with van der Waals surface area (Å²) >= 11 is 1.76. The van der Waals surface area contributed by atoms with Crippen molar-refractivity contribution < 1.29 is 9.53 Å². The van der Waals surface area contributed by atoms with Gasteiger partial charge in [-0.1, -0.05) is 0 Å². The lowest BCUT2D eigenvalue weighted by Gasteiger charge is -2.54. The highest BCUT2D eigenvalue weighted by molar-refractivity contribution is 8.00. The minimum absolute atomic E-state index is 0.0646. The lowest BCUT2D eigenvalue weighted by Crippen LogP contribution is -2.61. The summed E-state index contributed by atoms with van der Waals surface area (Å²) < 4.78 is 4.88. The number of hydrogen-bond donors (Lipinski definition) is 1. The Bertz CT molecular complexity index is 220. The van der Waals surface area contributed by atoms with Crippen LogP contribution >= 0.6 is 11.8 Å². The fourth-order valence-electron chi connectivity index (χ4n) is 2.18. The van der Waals surface area contributed by atoms with E-state index in [9.17, 15) is 4.79 Å². The molecule has 3 nitrogen and oxygen atoms in total. The third-order valence-electron chi connectivity index (χ3n) is 3.06. The monoisotopic (exact) mass is 215 g/mol. The Morgan fingerprint density at radius 2 is 2.29 bits per heavy atom. The summed E-state index contributed by atoms with van der Waals surface area (Å²) in [5, 5.41) is 4.00. The molecule has 4 heteroatoms. The van der Waals surface area contributed by atoms with Crippen molar-refractivity contribution in [2.45, 2.75) is 25.0 Å². The minimum atomic E-state index is -0.0646. The van der Waals surface area contributed by atoms with Gasteiger partial charge in [0.1, 0.15) is 0 Å². The van der Waals surface area contributed by atoms with Crippen LogP contribution in [0.5, 0.6) is 0 Å². The van der Waals surface area contributed by atoms with Crippen LogP contribution in [0.25, 0.3) is 0 Å². The van der Waals surface area contributed by atoms with Crippen LogP contribution in [-0.4, -0.2) is 36.7 Å². The van der Waals surface area contributed by atoms with Gasteiger partial charge >= 0.3 is 5.97 Å². The number of carbonyl (C=O) groups is 1. The Labute approximate surface area is 89.0 Å². The average Bonchev–Trinajstić information content (AvgIpc) is 1.99. The number of ether oxygens (including phenoxy) is 1. The number of nitrogens with one attached hydrogen (secondary N) is 1. The molecule has 0 radical (unpaired) electrons. The second-order valence-electron chi connectivity index (χ2n) is 4.25. The topological polar surface area (TPSA) is 38.3 Å². The van der Waals surface area contributed by atoms with Gasteiger partial charge in [0.05, 0.1) is 12.4 Å². The molecule has 1 saturated carbocycles. The van der Waals surface area contributed by atoms with Gasteiger partial charge in [0.2, 0.25) is 0 Å². The van der Waals surface area contributed by atoms with Crippen molar-refractivity contribution in [3.05, 3.63) is 0 Å². The molecular formula is C10H17NO2S. The molecule has 2 rings (SSSR count). The lowest BCUT2D eigenvalue weighted by atomic mass is 9.64. The highest BCUT2D eigenvalue weighted by atomic mass is 32.2. The molecule has 1 aliphatic carbocycles. The Morgan fingerprint density at radius 3 is 2.79 bits per heavy atom. The van der Waals surface area contributed by atoms with Gasteiger partial charge in [-0.05, 0) is 25.2 Å². The van der Waals surface area contributed by atoms with Gasteiger partial charge in [-0.3, -0.25) is 4.79 Å². The van der Waals surface area contributed by atoms with Crippen LogP contribution in [0, 0.1) is 5.41 Å². The second kappa shape index (κ2) is 4.11. The van der Waals surface area contributed by atoms with Gasteiger partial charge in [0, 0.05) is 18.3 Å². The summed E-state index contributed by atoms with van der Waals surface area (Å²) in [7, 11) is 0. The molecule has 0 aromatic carbocycles. The van der Waals surface area contributed by atoms with E-state index in [2.05, 4.69) is 5.32 Å². The lowest BCUT2D eigenvalue weighted by molar-refractivity contribution is -0.139. The number of esters is 1. The molecule has 1 aliphatic heterocycles. The molecular weight excluding hydrogens is 198 g/mol. The number of carbonyl (C=O) groups excluding carboxylic acids is 1. The molecule has 1 spiro atoms. The maximum atomic E-state index is 11.1. The summed E-state index contributed by atoms with van der Waals surface area (Å²) in [6.07, 6.45) is 2.56. The molecule has 1 heterocycles. The van der Waals surface area contributed by atoms with Crippen LogP contribution in [0.4, 0.5) is 0 Å². The molecule has 2 fully saturated rings. The summed E-state index contributed by atoms with van der Waals surface area (Å²) in [4.78, 5) is 11.1. The molecule has 1 saturated heterocycles. The van der Waals surface area contributed by atoms with E-state index in [0.29, 0.717) is 23.0 Å². The van der Waals surface area contributed by atoms with E-state index in [-0.39, 0.29) is 5.97 Å². The first-order valence-corrected chi connectivity index (χ1v) is 6.27. The average molecular weight is 215 g/mol. The Kier molecular flexibility index (Phi) is 3.02. The fourth-order valence-corrected chi connectivity index (χ4v) is 3.58. The van der Waals surface area contributed by atoms with E-state index in [4.69, 9.17) is 4.74 Å².